The van der Waals surface area contributed by atoms with E-state index in [1.807, 2.05) is 35.9 Å². The van der Waals surface area contributed by atoms with Crippen LogP contribution < -0.4 is 10.1 Å². The molecular formula is C23H28N4O2. The molecule has 1 atom stereocenters. The normalized spacial score (nSPS) is 16.3. The molecule has 1 N–H and O–H groups in total. The Morgan fingerprint density at radius 2 is 1.83 bits per heavy atom. The van der Waals surface area contributed by atoms with E-state index in [1.54, 1.807) is 13.3 Å². The molecule has 1 aromatic heterocycles. The highest BCUT2D eigenvalue weighted by Crippen LogP contribution is 2.27. The van der Waals surface area contributed by atoms with Gasteiger partial charge in [0.2, 0.25) is 0 Å². The average molecular weight is 393 g/mol. The molecule has 0 aliphatic heterocycles. The summed E-state index contributed by atoms with van der Waals surface area (Å²) in [4.78, 5) is 12.7. The smallest absolute Gasteiger partial charge is 0.273 e. The highest BCUT2D eigenvalue weighted by Gasteiger charge is 2.19. The van der Waals surface area contributed by atoms with Crippen LogP contribution in [0.4, 0.5) is 0 Å². The number of amides is 1. The molecule has 0 saturated heterocycles. The van der Waals surface area contributed by atoms with Gasteiger partial charge in [0.15, 0.2) is 5.69 Å². The highest BCUT2D eigenvalue weighted by molar-refractivity contribution is 5.92. The lowest BCUT2D eigenvalue weighted by molar-refractivity contribution is 0.0934. The van der Waals surface area contributed by atoms with E-state index in [4.69, 9.17) is 4.74 Å². The minimum absolute atomic E-state index is 0.128. The van der Waals surface area contributed by atoms with Gasteiger partial charge in [-0.05, 0) is 54.3 Å². The van der Waals surface area contributed by atoms with Gasteiger partial charge in [0, 0.05) is 0 Å². The first-order valence-corrected chi connectivity index (χ1v) is 10.4. The van der Waals surface area contributed by atoms with Crippen LogP contribution in [0.3, 0.4) is 0 Å². The van der Waals surface area contributed by atoms with Gasteiger partial charge in [0.05, 0.1) is 25.4 Å². The summed E-state index contributed by atoms with van der Waals surface area (Å²) in [6.45, 7) is 1.98. The first-order chi connectivity index (χ1) is 14.1. The lowest BCUT2D eigenvalue weighted by Crippen LogP contribution is -2.27. The lowest BCUT2D eigenvalue weighted by Gasteiger charge is -2.15. The molecule has 1 aliphatic carbocycles. The Hall–Kier alpha value is -2.89. The van der Waals surface area contributed by atoms with Crippen molar-refractivity contribution < 1.29 is 9.53 Å². The van der Waals surface area contributed by atoms with Crippen molar-refractivity contribution in [3.63, 3.8) is 0 Å². The fourth-order valence-electron chi connectivity index (χ4n) is 4.07. The number of fused-ring (bicyclic) bond motifs is 1. The van der Waals surface area contributed by atoms with Gasteiger partial charge in [-0.2, -0.15) is 0 Å². The van der Waals surface area contributed by atoms with E-state index in [1.165, 1.54) is 25.7 Å². The molecule has 2 aromatic carbocycles. The number of rotatable bonds is 5. The molecule has 0 bridgehead atoms. The number of hydrogen-bond donors (Lipinski definition) is 1. The van der Waals surface area contributed by atoms with E-state index in [-0.39, 0.29) is 11.9 Å². The van der Waals surface area contributed by atoms with Crippen molar-refractivity contribution in [1.82, 2.24) is 20.3 Å². The number of nitrogens with one attached hydrogen (secondary N) is 1. The number of aromatic nitrogens is 3. The SMILES string of the molecule is COc1ccc2cc(C(C)NC(=O)c3cn(C4CCCCCC4)nn3)ccc2c1. The van der Waals surface area contributed by atoms with Crippen molar-refractivity contribution in [1.29, 1.82) is 0 Å². The fourth-order valence-corrected chi connectivity index (χ4v) is 4.07. The standard InChI is InChI=1S/C23H28N4O2/c1-16(17-9-10-19-14-21(29-2)12-11-18(19)13-17)24-23(28)22-15-27(26-25-22)20-7-5-3-4-6-8-20/h9-16,20H,3-8H2,1-2H3,(H,24,28). The van der Waals surface area contributed by atoms with Crippen LogP contribution >= 0.6 is 0 Å². The summed E-state index contributed by atoms with van der Waals surface area (Å²) in [7, 11) is 1.67. The van der Waals surface area contributed by atoms with Gasteiger partial charge in [-0.3, -0.25) is 4.79 Å². The Morgan fingerprint density at radius 3 is 2.59 bits per heavy atom. The van der Waals surface area contributed by atoms with Crippen molar-refractivity contribution in [3.05, 3.63) is 53.9 Å². The van der Waals surface area contributed by atoms with E-state index < -0.39 is 0 Å². The molecule has 0 radical (unpaired) electrons. The predicted molar refractivity (Wildman–Crippen MR) is 113 cm³/mol. The number of benzene rings is 2. The Morgan fingerprint density at radius 1 is 1.10 bits per heavy atom. The van der Waals surface area contributed by atoms with Gasteiger partial charge in [0.25, 0.3) is 5.91 Å². The first-order valence-electron chi connectivity index (χ1n) is 10.4. The maximum Gasteiger partial charge on any atom is 0.273 e. The summed E-state index contributed by atoms with van der Waals surface area (Å²) in [5.74, 6) is 0.649. The van der Waals surface area contributed by atoms with Crippen molar-refractivity contribution >= 4 is 16.7 Å². The number of nitrogens with zero attached hydrogens (tertiary/aromatic N) is 3. The summed E-state index contributed by atoms with van der Waals surface area (Å²) < 4.78 is 7.17. The molecule has 4 rings (SSSR count). The van der Waals surface area contributed by atoms with Crippen LogP contribution in [0.2, 0.25) is 0 Å². The van der Waals surface area contributed by atoms with Crippen LogP contribution in [-0.4, -0.2) is 28.0 Å². The minimum Gasteiger partial charge on any atom is -0.497 e. The maximum atomic E-state index is 12.7. The zero-order valence-corrected chi connectivity index (χ0v) is 17.1. The predicted octanol–water partition coefficient (Wildman–Crippen LogP) is 4.83. The molecule has 1 saturated carbocycles. The molecule has 3 aromatic rings. The Kier molecular flexibility index (Phi) is 5.79. The molecule has 0 spiro atoms. The summed E-state index contributed by atoms with van der Waals surface area (Å²) in [5, 5.41) is 13.6. The van der Waals surface area contributed by atoms with Crippen molar-refractivity contribution in [2.24, 2.45) is 0 Å². The van der Waals surface area contributed by atoms with E-state index >= 15 is 0 Å². The molecular weight excluding hydrogens is 364 g/mol. The van der Waals surface area contributed by atoms with Gasteiger partial charge in [-0.15, -0.1) is 5.10 Å². The zero-order chi connectivity index (χ0) is 20.2. The Bertz CT molecular complexity index is 989. The monoisotopic (exact) mass is 392 g/mol. The molecule has 1 fully saturated rings. The number of carbonyl (C=O) groups excluding carboxylic acids is 1. The van der Waals surface area contributed by atoms with Crippen LogP contribution in [-0.2, 0) is 0 Å². The molecule has 1 unspecified atom stereocenters. The molecule has 1 aliphatic rings. The summed E-state index contributed by atoms with van der Waals surface area (Å²) in [6.07, 6.45) is 9.03. The first kappa shape index (κ1) is 19.4. The zero-order valence-electron chi connectivity index (χ0n) is 17.1. The fraction of sp³-hybridized carbons (Fsp3) is 0.435. The van der Waals surface area contributed by atoms with Gasteiger partial charge >= 0.3 is 0 Å². The summed E-state index contributed by atoms with van der Waals surface area (Å²) in [6, 6.07) is 12.4. The van der Waals surface area contributed by atoms with Crippen molar-refractivity contribution in [2.45, 2.75) is 57.5 Å². The van der Waals surface area contributed by atoms with Crippen LogP contribution in [0, 0.1) is 0 Å². The van der Waals surface area contributed by atoms with Gasteiger partial charge in [-0.25, -0.2) is 4.68 Å². The van der Waals surface area contributed by atoms with E-state index in [2.05, 4.69) is 27.8 Å². The van der Waals surface area contributed by atoms with Crippen molar-refractivity contribution in [2.75, 3.05) is 7.11 Å². The third-order valence-corrected chi connectivity index (χ3v) is 5.86. The number of methoxy groups -OCH3 is 1. The topological polar surface area (TPSA) is 69.0 Å². The van der Waals surface area contributed by atoms with Crippen LogP contribution in [0.25, 0.3) is 10.8 Å². The van der Waals surface area contributed by atoms with Crippen molar-refractivity contribution in [3.8, 4) is 5.75 Å². The second-order valence-electron chi connectivity index (χ2n) is 7.90. The molecule has 6 nitrogen and oxygen atoms in total. The van der Waals surface area contributed by atoms with Gasteiger partial charge in [-0.1, -0.05) is 49.1 Å². The molecule has 1 amide bonds. The summed E-state index contributed by atoms with van der Waals surface area (Å²) in [5.41, 5.74) is 1.43. The molecule has 152 valence electrons. The number of carbonyl (C=O) groups is 1. The van der Waals surface area contributed by atoms with Gasteiger partial charge < -0.3 is 10.1 Å². The maximum absolute atomic E-state index is 12.7. The average Bonchev–Trinajstić information content (AvgIpc) is 3.09. The van der Waals surface area contributed by atoms with E-state index in [9.17, 15) is 4.79 Å². The number of hydrogen-bond acceptors (Lipinski definition) is 4. The van der Waals surface area contributed by atoms with Crippen LogP contribution in [0.15, 0.2) is 42.6 Å². The summed E-state index contributed by atoms with van der Waals surface area (Å²) >= 11 is 0. The molecule has 6 heteroatoms. The number of ether oxygens (including phenoxy) is 1. The largest absolute Gasteiger partial charge is 0.497 e. The quantitative estimate of drug-likeness (QED) is 0.632. The Labute approximate surface area is 171 Å². The van der Waals surface area contributed by atoms with Crippen LogP contribution in [0.1, 0.15) is 73.6 Å². The highest BCUT2D eigenvalue weighted by atomic mass is 16.5. The molecule has 1 heterocycles. The lowest BCUT2D eigenvalue weighted by atomic mass is 10.0. The van der Waals surface area contributed by atoms with Gasteiger partial charge in [0.1, 0.15) is 5.75 Å². The molecule has 29 heavy (non-hydrogen) atoms. The third kappa shape index (κ3) is 4.42. The minimum atomic E-state index is -0.188. The van der Waals surface area contributed by atoms with E-state index in [0.29, 0.717) is 11.7 Å². The second kappa shape index (κ2) is 8.64. The third-order valence-electron chi connectivity index (χ3n) is 5.86. The van der Waals surface area contributed by atoms with E-state index in [0.717, 1.165) is 34.9 Å². The second-order valence-corrected chi connectivity index (χ2v) is 7.90. The van der Waals surface area contributed by atoms with Crippen LogP contribution in [0.5, 0.6) is 5.75 Å². The Balaban J connectivity index is 1.44.